The minimum Gasteiger partial charge on any atom is -0.223 e. The molecule has 0 atom stereocenters. The van der Waals surface area contributed by atoms with Gasteiger partial charge in [-0.1, -0.05) is 30.7 Å². The van der Waals surface area contributed by atoms with Gasteiger partial charge in [-0.15, -0.1) is 11.3 Å². The summed E-state index contributed by atoms with van der Waals surface area (Å²) in [4.78, 5) is 3.92. The molecule has 1 heterocycles. The molecule has 3 aromatic rings. The van der Waals surface area contributed by atoms with Crippen LogP contribution in [0.25, 0.3) is 10.6 Å². The average Bonchev–Trinajstić information content (AvgIpc) is 3.10. The topological polar surface area (TPSA) is 81.2 Å². The molecule has 0 spiro atoms. The van der Waals surface area contributed by atoms with E-state index in [0.29, 0.717) is 17.0 Å². The lowest BCUT2D eigenvalue weighted by molar-refractivity contribution is 0.580. The van der Waals surface area contributed by atoms with Gasteiger partial charge in [0.15, 0.2) is 19.1 Å². The van der Waals surface area contributed by atoms with E-state index in [1.165, 1.54) is 0 Å². The number of rotatable bonds is 6. The van der Waals surface area contributed by atoms with Crippen LogP contribution >= 0.6 is 22.9 Å². The smallest absolute Gasteiger partial charge is 0.223 e. The van der Waals surface area contributed by atoms with Crippen LogP contribution in [0.3, 0.4) is 0 Å². The second-order valence-electron chi connectivity index (χ2n) is 5.89. The zero-order chi connectivity index (χ0) is 20.5. The molecule has 0 N–H and O–H groups in total. The molecule has 3 rings (SSSR count). The number of hydrogen-bond donors (Lipinski definition) is 0. The largest absolute Gasteiger partial charge is 0.226 e. The minimum absolute atomic E-state index is 0.207. The van der Waals surface area contributed by atoms with Gasteiger partial charge in [-0.2, -0.15) is 0 Å². The Kier molecular flexibility index (Phi) is 5.90. The third kappa shape index (κ3) is 4.12. The summed E-state index contributed by atoms with van der Waals surface area (Å²) in [5, 5.41) is 0.188. The van der Waals surface area contributed by atoms with Gasteiger partial charge in [-0.25, -0.2) is 26.2 Å². The fourth-order valence-corrected chi connectivity index (χ4v) is 7.69. The van der Waals surface area contributed by atoms with Crippen molar-refractivity contribution in [2.75, 3.05) is 5.75 Å². The van der Waals surface area contributed by atoms with Gasteiger partial charge in [0, 0.05) is 10.6 Å². The molecule has 2 aromatic carbocycles. The van der Waals surface area contributed by atoms with Crippen LogP contribution in [-0.4, -0.2) is 27.6 Å². The van der Waals surface area contributed by atoms with Crippen LogP contribution < -0.4 is 0 Å². The van der Waals surface area contributed by atoms with E-state index in [1.54, 1.807) is 31.2 Å². The Morgan fingerprint density at radius 1 is 1.00 bits per heavy atom. The Labute approximate surface area is 171 Å². The maximum atomic E-state index is 13.2. The Hall–Kier alpha value is -1.81. The summed E-state index contributed by atoms with van der Waals surface area (Å²) in [6, 6.07) is 10.6. The maximum Gasteiger partial charge on any atom is 0.226 e. The highest BCUT2D eigenvalue weighted by Gasteiger charge is 2.33. The summed E-state index contributed by atoms with van der Waals surface area (Å²) in [5.41, 5.74) is 0.544. The molecule has 0 saturated heterocycles. The van der Waals surface area contributed by atoms with Gasteiger partial charge in [0.25, 0.3) is 0 Å². The van der Waals surface area contributed by atoms with Crippen molar-refractivity contribution in [3.63, 3.8) is 0 Å². The third-order valence-corrected chi connectivity index (χ3v) is 9.61. The molecule has 0 unspecified atom stereocenters. The molecule has 0 radical (unpaired) electrons. The second-order valence-corrected chi connectivity index (χ2v) is 11.5. The summed E-state index contributed by atoms with van der Waals surface area (Å²) < 4.78 is 64.4. The lowest BCUT2D eigenvalue weighted by Gasteiger charge is -2.05. The quantitative estimate of drug-likeness (QED) is 0.502. The van der Waals surface area contributed by atoms with Gasteiger partial charge >= 0.3 is 0 Å². The van der Waals surface area contributed by atoms with Crippen molar-refractivity contribution in [1.29, 1.82) is 0 Å². The van der Waals surface area contributed by atoms with E-state index in [9.17, 15) is 21.2 Å². The van der Waals surface area contributed by atoms with Gasteiger partial charge in [0.1, 0.15) is 10.8 Å². The summed E-state index contributed by atoms with van der Waals surface area (Å²) in [7, 11) is -8.11. The molecule has 1 aromatic heterocycles. The first-order valence-electron chi connectivity index (χ1n) is 8.15. The summed E-state index contributed by atoms with van der Waals surface area (Å²) in [6.07, 6.45) is 0.326. The van der Waals surface area contributed by atoms with E-state index in [0.717, 1.165) is 35.6 Å². The van der Waals surface area contributed by atoms with Gasteiger partial charge < -0.3 is 0 Å². The molecule has 28 heavy (non-hydrogen) atoms. The van der Waals surface area contributed by atoms with Crippen molar-refractivity contribution in [2.45, 2.75) is 27.5 Å². The molecule has 0 aliphatic carbocycles. The summed E-state index contributed by atoms with van der Waals surface area (Å²) >= 11 is 6.67. The van der Waals surface area contributed by atoms with Crippen LogP contribution in [0.15, 0.2) is 62.7 Å². The summed E-state index contributed by atoms with van der Waals surface area (Å²) in [6.45, 7) is 1.69. The first-order valence-corrected chi connectivity index (χ1v) is 12.5. The number of sulfone groups is 2. The molecule has 0 fully saturated rings. The predicted octanol–water partition coefficient (Wildman–Crippen LogP) is 4.62. The van der Waals surface area contributed by atoms with Gasteiger partial charge in [0.05, 0.1) is 10.6 Å². The van der Waals surface area contributed by atoms with Crippen LogP contribution in [0.4, 0.5) is 4.39 Å². The first kappa shape index (κ1) is 20.9. The Morgan fingerprint density at radius 2 is 1.61 bits per heavy atom. The molecule has 0 bridgehead atoms. The number of aromatic nitrogens is 1. The van der Waals surface area contributed by atoms with Crippen molar-refractivity contribution < 1.29 is 21.2 Å². The average molecular weight is 460 g/mol. The standard InChI is InChI=1S/C18H15ClFNO4S3/c1-2-11-27(22,23)18-17(28(24,25)15-9-7-14(20)8-10-15)21-16(26-18)12-3-5-13(19)6-4-12/h3-10H,2,11H2,1H3. The Bertz CT molecular complexity index is 1200. The molecule has 10 heteroatoms. The van der Waals surface area contributed by atoms with Gasteiger partial charge in [0.2, 0.25) is 9.84 Å². The highest BCUT2D eigenvalue weighted by atomic mass is 35.5. The SMILES string of the molecule is CCCS(=O)(=O)c1sc(-c2ccc(Cl)cc2)nc1S(=O)(=O)c1ccc(F)cc1. The second kappa shape index (κ2) is 7.90. The van der Waals surface area contributed by atoms with E-state index in [1.807, 2.05) is 0 Å². The maximum absolute atomic E-state index is 13.2. The van der Waals surface area contributed by atoms with Crippen molar-refractivity contribution in [3.8, 4) is 10.6 Å². The molecular weight excluding hydrogens is 445 g/mol. The number of hydrogen-bond acceptors (Lipinski definition) is 6. The van der Waals surface area contributed by atoms with Crippen molar-refractivity contribution in [2.24, 2.45) is 0 Å². The zero-order valence-corrected chi connectivity index (χ0v) is 17.8. The van der Waals surface area contributed by atoms with Crippen molar-refractivity contribution in [3.05, 3.63) is 59.4 Å². The monoisotopic (exact) mass is 459 g/mol. The highest BCUT2D eigenvalue weighted by Crippen LogP contribution is 2.37. The number of halogens is 2. The first-order chi connectivity index (χ1) is 13.1. The Morgan fingerprint density at radius 3 is 2.18 bits per heavy atom. The molecular formula is C18H15ClFNO4S3. The van der Waals surface area contributed by atoms with E-state index in [-0.39, 0.29) is 19.9 Å². The van der Waals surface area contributed by atoms with Crippen molar-refractivity contribution >= 4 is 42.6 Å². The van der Waals surface area contributed by atoms with E-state index >= 15 is 0 Å². The van der Waals surface area contributed by atoms with E-state index < -0.39 is 30.5 Å². The third-order valence-electron chi connectivity index (χ3n) is 3.79. The van der Waals surface area contributed by atoms with Crippen LogP contribution in [0.2, 0.25) is 5.02 Å². The van der Waals surface area contributed by atoms with Gasteiger partial charge in [-0.05, 0) is 42.8 Å². The number of nitrogens with zero attached hydrogens (tertiary/aromatic N) is 1. The summed E-state index contributed by atoms with van der Waals surface area (Å²) in [5.74, 6) is -0.806. The predicted molar refractivity (Wildman–Crippen MR) is 107 cm³/mol. The molecule has 148 valence electrons. The molecule has 5 nitrogen and oxygen atoms in total. The fourth-order valence-electron chi connectivity index (χ4n) is 2.46. The molecule has 0 aliphatic heterocycles. The van der Waals surface area contributed by atoms with Gasteiger partial charge in [-0.3, -0.25) is 0 Å². The van der Waals surface area contributed by atoms with Crippen molar-refractivity contribution in [1.82, 2.24) is 4.98 Å². The van der Waals surface area contributed by atoms with Crippen LogP contribution in [0, 0.1) is 5.82 Å². The number of thiazole rings is 1. The lowest BCUT2D eigenvalue weighted by Crippen LogP contribution is -2.11. The van der Waals surface area contributed by atoms with E-state index in [4.69, 9.17) is 11.6 Å². The highest BCUT2D eigenvalue weighted by molar-refractivity contribution is 7.96. The molecule has 0 aliphatic rings. The van der Waals surface area contributed by atoms with E-state index in [2.05, 4.69) is 4.98 Å². The lowest BCUT2D eigenvalue weighted by atomic mass is 10.2. The molecule has 0 saturated carbocycles. The number of benzene rings is 2. The normalized spacial score (nSPS) is 12.2. The zero-order valence-electron chi connectivity index (χ0n) is 14.6. The van der Waals surface area contributed by atoms with Crippen LogP contribution in [-0.2, 0) is 19.7 Å². The fraction of sp³-hybridized carbons (Fsp3) is 0.167. The molecule has 0 amide bonds. The Balaban J connectivity index is 2.23. The van der Waals surface area contributed by atoms with Crippen LogP contribution in [0.5, 0.6) is 0 Å². The van der Waals surface area contributed by atoms with Crippen LogP contribution in [0.1, 0.15) is 13.3 Å². The minimum atomic E-state index is -4.26.